The number of carbonyl (C=O) groups excluding carboxylic acids is 1. The van der Waals surface area contributed by atoms with Crippen LogP contribution in [0.5, 0.6) is 17.2 Å². The monoisotopic (exact) mass is 487 g/mol. The summed E-state index contributed by atoms with van der Waals surface area (Å²) in [5.74, 6) is 1.16. The highest BCUT2D eigenvalue weighted by Gasteiger charge is 2.17. The topological polar surface area (TPSA) is 114 Å². The summed E-state index contributed by atoms with van der Waals surface area (Å²) < 4.78 is 11.6. The Morgan fingerprint density at radius 3 is 2.67 bits per heavy atom. The Morgan fingerprint density at radius 2 is 1.92 bits per heavy atom. The number of hydrogen-bond donors (Lipinski definition) is 3. The number of aryl methyl sites for hydroxylation is 1. The van der Waals surface area contributed by atoms with E-state index in [0.29, 0.717) is 12.2 Å². The van der Waals surface area contributed by atoms with E-state index >= 15 is 0 Å². The zero-order valence-electron chi connectivity index (χ0n) is 20.5. The molecule has 8 heteroatoms. The van der Waals surface area contributed by atoms with Crippen molar-refractivity contribution in [2.45, 2.75) is 33.1 Å². The highest BCUT2D eigenvalue weighted by Crippen LogP contribution is 2.34. The fourth-order valence-corrected chi connectivity index (χ4v) is 4.17. The Hall–Kier alpha value is -4.33. The molecule has 1 unspecified atom stereocenters. The minimum absolute atomic E-state index is 0.397. The van der Waals surface area contributed by atoms with Gasteiger partial charge in [-0.2, -0.15) is 5.10 Å². The van der Waals surface area contributed by atoms with Gasteiger partial charge in [0.05, 0.1) is 18.3 Å². The number of rotatable bonds is 9. The van der Waals surface area contributed by atoms with Crippen molar-refractivity contribution in [3.8, 4) is 28.5 Å². The maximum Gasteiger partial charge on any atom is 0.411 e. The second-order valence-electron chi connectivity index (χ2n) is 8.71. The SMILES string of the molecule is CCCc1cc(-c2n[nH]c3cc(OC)ccc23)ccc1Oc1cccc(CC(C)C(=O)NC(=O)O)c1. The van der Waals surface area contributed by atoms with Crippen LogP contribution in [-0.4, -0.2) is 34.4 Å². The molecule has 4 rings (SSSR count). The van der Waals surface area contributed by atoms with Gasteiger partial charge in [-0.05, 0) is 66.4 Å². The summed E-state index contributed by atoms with van der Waals surface area (Å²) in [5.41, 5.74) is 4.72. The molecule has 0 fully saturated rings. The van der Waals surface area contributed by atoms with Crippen molar-refractivity contribution < 1.29 is 24.2 Å². The number of carboxylic acid groups (broad SMARTS) is 1. The molecule has 4 aromatic rings. The third-order valence-electron chi connectivity index (χ3n) is 5.97. The number of methoxy groups -OCH3 is 1. The fraction of sp³-hybridized carbons (Fsp3) is 0.250. The van der Waals surface area contributed by atoms with E-state index in [1.165, 1.54) is 0 Å². The minimum atomic E-state index is -1.35. The van der Waals surface area contributed by atoms with Crippen molar-refractivity contribution in [3.05, 3.63) is 71.8 Å². The quantitative estimate of drug-likeness (QED) is 0.269. The van der Waals surface area contributed by atoms with Crippen LogP contribution >= 0.6 is 0 Å². The first-order valence-electron chi connectivity index (χ1n) is 11.8. The lowest BCUT2D eigenvalue weighted by molar-refractivity contribution is -0.123. The largest absolute Gasteiger partial charge is 0.497 e. The number of benzene rings is 3. The molecule has 1 aromatic heterocycles. The van der Waals surface area contributed by atoms with Gasteiger partial charge in [0, 0.05) is 22.9 Å². The Labute approximate surface area is 209 Å². The van der Waals surface area contributed by atoms with Crippen LogP contribution in [0.1, 0.15) is 31.4 Å². The van der Waals surface area contributed by atoms with Gasteiger partial charge in [-0.25, -0.2) is 4.79 Å². The number of ether oxygens (including phenoxy) is 2. The lowest BCUT2D eigenvalue weighted by Gasteiger charge is -2.14. The molecule has 0 aliphatic rings. The Kier molecular flexibility index (Phi) is 7.53. The van der Waals surface area contributed by atoms with Crippen molar-refractivity contribution >= 4 is 22.9 Å². The Balaban J connectivity index is 1.57. The van der Waals surface area contributed by atoms with Crippen LogP contribution < -0.4 is 14.8 Å². The fourth-order valence-electron chi connectivity index (χ4n) is 4.17. The van der Waals surface area contributed by atoms with Crippen LogP contribution in [-0.2, 0) is 17.6 Å². The molecule has 2 amide bonds. The number of nitrogens with one attached hydrogen (secondary N) is 2. The van der Waals surface area contributed by atoms with E-state index in [1.807, 2.05) is 59.9 Å². The van der Waals surface area contributed by atoms with Crippen LogP contribution in [0.4, 0.5) is 4.79 Å². The van der Waals surface area contributed by atoms with E-state index in [4.69, 9.17) is 14.6 Å². The summed E-state index contributed by atoms with van der Waals surface area (Å²) in [6.45, 7) is 3.82. The van der Waals surface area contributed by atoms with Crippen molar-refractivity contribution in [1.82, 2.24) is 15.5 Å². The van der Waals surface area contributed by atoms with E-state index in [-0.39, 0.29) is 0 Å². The van der Waals surface area contributed by atoms with E-state index in [2.05, 4.69) is 23.2 Å². The number of hydrogen-bond acceptors (Lipinski definition) is 5. The molecule has 0 spiro atoms. The van der Waals surface area contributed by atoms with Gasteiger partial charge in [0.25, 0.3) is 0 Å². The highest BCUT2D eigenvalue weighted by atomic mass is 16.5. The molecule has 1 atom stereocenters. The molecule has 0 bridgehead atoms. The molecule has 0 aliphatic carbocycles. The van der Waals surface area contributed by atoms with Crippen LogP contribution in [0.15, 0.2) is 60.7 Å². The predicted molar refractivity (Wildman–Crippen MR) is 138 cm³/mol. The van der Waals surface area contributed by atoms with E-state index in [0.717, 1.165) is 57.6 Å². The average molecular weight is 488 g/mol. The molecule has 3 N–H and O–H groups in total. The van der Waals surface area contributed by atoms with Crippen molar-refractivity contribution in [3.63, 3.8) is 0 Å². The zero-order chi connectivity index (χ0) is 25.7. The second kappa shape index (κ2) is 10.9. The Bertz CT molecular complexity index is 1400. The minimum Gasteiger partial charge on any atom is -0.497 e. The van der Waals surface area contributed by atoms with Gasteiger partial charge in [-0.1, -0.05) is 32.4 Å². The van der Waals surface area contributed by atoms with Gasteiger partial charge in [0.15, 0.2) is 0 Å². The standard InChI is InChI=1S/C28H29N3O5/c1-4-6-19-15-20(26-23-11-10-21(35-3)16-24(23)30-31-26)9-12-25(19)36-22-8-5-7-18(14-22)13-17(2)27(32)29-28(33)34/h5,7-12,14-17H,4,6,13H2,1-3H3,(H,29,32)(H,30,31)(H,33,34). The van der Waals surface area contributed by atoms with Crippen LogP contribution in [0.3, 0.4) is 0 Å². The molecule has 0 saturated heterocycles. The van der Waals surface area contributed by atoms with Gasteiger partial charge in [0.1, 0.15) is 17.2 Å². The highest BCUT2D eigenvalue weighted by molar-refractivity contribution is 5.94. The molecule has 8 nitrogen and oxygen atoms in total. The maximum atomic E-state index is 12.0. The number of nitrogens with zero attached hydrogens (tertiary/aromatic N) is 1. The molecule has 1 heterocycles. The number of H-pyrrole nitrogens is 1. The third kappa shape index (κ3) is 5.66. The van der Waals surface area contributed by atoms with E-state index in [9.17, 15) is 9.59 Å². The second-order valence-corrected chi connectivity index (χ2v) is 8.71. The summed E-state index contributed by atoms with van der Waals surface area (Å²) in [6, 6.07) is 19.4. The normalized spacial score (nSPS) is 11.8. The summed E-state index contributed by atoms with van der Waals surface area (Å²) in [7, 11) is 1.64. The maximum absolute atomic E-state index is 12.0. The Morgan fingerprint density at radius 1 is 1.08 bits per heavy atom. The molecule has 0 aliphatic heterocycles. The lowest BCUT2D eigenvalue weighted by Crippen LogP contribution is -2.34. The van der Waals surface area contributed by atoms with Crippen molar-refractivity contribution in [2.24, 2.45) is 5.92 Å². The van der Waals surface area contributed by atoms with Crippen LogP contribution in [0, 0.1) is 5.92 Å². The number of aromatic nitrogens is 2. The number of aromatic amines is 1. The number of carbonyl (C=O) groups is 2. The van der Waals surface area contributed by atoms with Gasteiger partial charge >= 0.3 is 6.09 Å². The molecule has 0 radical (unpaired) electrons. The average Bonchev–Trinajstić information content (AvgIpc) is 3.28. The number of fused-ring (bicyclic) bond motifs is 1. The van der Waals surface area contributed by atoms with Gasteiger partial charge in [-0.15, -0.1) is 0 Å². The summed E-state index contributed by atoms with van der Waals surface area (Å²) in [5, 5.41) is 19.3. The molecule has 186 valence electrons. The smallest absolute Gasteiger partial charge is 0.411 e. The van der Waals surface area contributed by atoms with Crippen LogP contribution in [0.2, 0.25) is 0 Å². The first-order valence-corrected chi connectivity index (χ1v) is 11.8. The van der Waals surface area contributed by atoms with Crippen LogP contribution in [0.25, 0.3) is 22.2 Å². The molecular weight excluding hydrogens is 458 g/mol. The predicted octanol–water partition coefficient (Wildman–Crippen LogP) is 5.96. The summed E-state index contributed by atoms with van der Waals surface area (Å²) in [6.07, 6.45) is 0.840. The van der Waals surface area contributed by atoms with Crippen molar-refractivity contribution in [2.75, 3.05) is 7.11 Å². The summed E-state index contributed by atoms with van der Waals surface area (Å²) in [4.78, 5) is 22.7. The van der Waals surface area contributed by atoms with Gasteiger partial charge in [-0.3, -0.25) is 15.2 Å². The van der Waals surface area contributed by atoms with E-state index < -0.39 is 17.9 Å². The zero-order valence-corrected chi connectivity index (χ0v) is 20.5. The van der Waals surface area contributed by atoms with Gasteiger partial charge < -0.3 is 14.6 Å². The lowest BCUT2D eigenvalue weighted by atomic mass is 10.00. The molecule has 3 aromatic carbocycles. The van der Waals surface area contributed by atoms with Gasteiger partial charge in [0.2, 0.25) is 5.91 Å². The first kappa shape index (κ1) is 24.8. The molecular formula is C28H29N3O5. The van der Waals surface area contributed by atoms with Crippen molar-refractivity contribution in [1.29, 1.82) is 0 Å². The number of imide groups is 1. The molecule has 36 heavy (non-hydrogen) atoms. The molecule has 0 saturated carbocycles. The van der Waals surface area contributed by atoms with E-state index in [1.54, 1.807) is 14.0 Å². The third-order valence-corrected chi connectivity index (χ3v) is 5.97. The number of amides is 2. The first-order chi connectivity index (χ1) is 17.4. The summed E-state index contributed by atoms with van der Waals surface area (Å²) >= 11 is 0.